The highest BCUT2D eigenvalue weighted by Crippen LogP contribution is 2.37. The van der Waals surface area contributed by atoms with Crippen LogP contribution in [0.4, 0.5) is 0 Å². The van der Waals surface area contributed by atoms with Gasteiger partial charge in [0, 0.05) is 0 Å². The van der Waals surface area contributed by atoms with Crippen molar-refractivity contribution in [3.8, 4) is 0 Å². The second-order valence-electron chi connectivity index (χ2n) is 18.4. The van der Waals surface area contributed by atoms with Gasteiger partial charge in [-0.3, -0.25) is 0 Å². The summed E-state index contributed by atoms with van der Waals surface area (Å²) < 4.78 is 0. The topological polar surface area (TPSA) is 0 Å². The van der Waals surface area contributed by atoms with Gasteiger partial charge in [0.1, 0.15) is 0 Å². The van der Waals surface area contributed by atoms with E-state index in [4.69, 9.17) is 0 Å². The molecule has 0 spiro atoms. The second-order valence-corrected chi connectivity index (χ2v) is 18.4. The number of fused-ring (bicyclic) bond motifs is 9. The molecule has 0 bridgehead atoms. The summed E-state index contributed by atoms with van der Waals surface area (Å²) in [6, 6.07) is 33.5. The summed E-state index contributed by atoms with van der Waals surface area (Å²) in [5.41, 5.74) is 2.99. The summed E-state index contributed by atoms with van der Waals surface area (Å²) in [5, 5.41) is 13.8. The summed E-state index contributed by atoms with van der Waals surface area (Å²) in [6.07, 6.45) is 42.0. The predicted octanol–water partition coefficient (Wildman–Crippen LogP) is 19.5. The first kappa shape index (κ1) is 44.2. The van der Waals surface area contributed by atoms with Crippen LogP contribution in [0.5, 0.6) is 0 Å². The average Bonchev–Trinajstić information content (AvgIpc) is 3.26. The predicted molar refractivity (Wildman–Crippen MR) is 262 cm³/mol. The van der Waals surface area contributed by atoms with Gasteiger partial charge in [-0.15, -0.1) is 0 Å². The van der Waals surface area contributed by atoms with E-state index >= 15 is 0 Å². The van der Waals surface area contributed by atoms with Crippen molar-refractivity contribution >= 4 is 53.9 Å². The molecule has 0 atom stereocenters. The standard InChI is InChI=1S/C58H80/c1-3-5-7-9-11-13-15-17-19-21-23-25-27-29-31-47-33-35-49-37-39-51-53-42-44-56-52(54(53)41-43-55(51)57(49)45-47)40-38-50-36-34-48(46-58(50)56)32-30-28-26-24-22-20-18-16-14-12-10-8-6-4-2/h33-46H,3-32H2,1-2H3. The molecule has 0 aromatic heterocycles. The van der Waals surface area contributed by atoms with Gasteiger partial charge in [-0.1, -0.05) is 266 Å². The Morgan fingerprint density at radius 1 is 0.224 bits per heavy atom. The van der Waals surface area contributed by atoms with Crippen LogP contribution in [0.25, 0.3) is 53.9 Å². The van der Waals surface area contributed by atoms with E-state index < -0.39 is 0 Å². The lowest BCUT2D eigenvalue weighted by Crippen LogP contribution is -1.89. The maximum Gasteiger partial charge on any atom is -0.00987 e. The minimum absolute atomic E-state index is 1.19. The number of benzene rings is 6. The third-order valence-electron chi connectivity index (χ3n) is 13.6. The van der Waals surface area contributed by atoms with Crippen molar-refractivity contribution in [2.75, 3.05) is 0 Å². The van der Waals surface area contributed by atoms with E-state index in [2.05, 4.69) is 98.8 Å². The zero-order valence-electron chi connectivity index (χ0n) is 37.3. The van der Waals surface area contributed by atoms with Crippen molar-refractivity contribution in [3.05, 3.63) is 96.1 Å². The van der Waals surface area contributed by atoms with Gasteiger partial charge in [0.05, 0.1) is 0 Å². The zero-order valence-corrected chi connectivity index (χ0v) is 37.3. The smallest absolute Gasteiger partial charge is 0.00987 e. The minimum atomic E-state index is 1.19. The van der Waals surface area contributed by atoms with E-state index in [-0.39, 0.29) is 0 Å². The van der Waals surface area contributed by atoms with Crippen LogP contribution in [-0.2, 0) is 12.8 Å². The number of hydrogen-bond donors (Lipinski definition) is 0. The highest BCUT2D eigenvalue weighted by Gasteiger charge is 2.11. The van der Waals surface area contributed by atoms with Gasteiger partial charge in [0.25, 0.3) is 0 Å². The molecule has 0 heterocycles. The van der Waals surface area contributed by atoms with Crippen molar-refractivity contribution in [2.45, 2.75) is 206 Å². The Bertz CT molecular complexity index is 1930. The van der Waals surface area contributed by atoms with Crippen LogP contribution in [0.3, 0.4) is 0 Å². The van der Waals surface area contributed by atoms with E-state index in [0.717, 1.165) is 0 Å². The Labute approximate surface area is 355 Å². The van der Waals surface area contributed by atoms with Crippen LogP contribution in [0.15, 0.2) is 84.9 Å². The molecule has 0 heteroatoms. The van der Waals surface area contributed by atoms with Gasteiger partial charge >= 0.3 is 0 Å². The van der Waals surface area contributed by atoms with Gasteiger partial charge in [0.2, 0.25) is 0 Å². The van der Waals surface area contributed by atoms with Crippen molar-refractivity contribution < 1.29 is 0 Å². The van der Waals surface area contributed by atoms with Gasteiger partial charge in [-0.05, 0) is 90.7 Å². The normalized spacial score (nSPS) is 12.0. The molecule has 0 aliphatic rings. The first-order valence-corrected chi connectivity index (χ1v) is 25.0. The van der Waals surface area contributed by atoms with Crippen LogP contribution in [0.1, 0.15) is 205 Å². The van der Waals surface area contributed by atoms with E-state index in [9.17, 15) is 0 Å². The largest absolute Gasteiger partial charge is 0.0654 e. The second kappa shape index (κ2) is 25.3. The zero-order chi connectivity index (χ0) is 40.0. The molecule has 0 fully saturated rings. The molecule has 58 heavy (non-hydrogen) atoms. The van der Waals surface area contributed by atoms with Gasteiger partial charge in [0.15, 0.2) is 0 Å². The SMILES string of the molecule is CCCCCCCCCCCCCCCCc1ccc2ccc3c(ccc4c5ccc6ccc(CCCCCCCCCCCCCCCC)cc6c5ccc34)c2c1. The molecule has 0 unspecified atom stereocenters. The van der Waals surface area contributed by atoms with Crippen LogP contribution in [-0.4, -0.2) is 0 Å². The van der Waals surface area contributed by atoms with Crippen molar-refractivity contribution in [1.29, 1.82) is 0 Å². The molecule has 6 aromatic carbocycles. The minimum Gasteiger partial charge on any atom is -0.0654 e. The van der Waals surface area contributed by atoms with E-state index in [0.29, 0.717) is 0 Å². The van der Waals surface area contributed by atoms with Crippen LogP contribution >= 0.6 is 0 Å². The first-order valence-electron chi connectivity index (χ1n) is 25.0. The van der Waals surface area contributed by atoms with Gasteiger partial charge in [-0.25, -0.2) is 0 Å². The highest BCUT2D eigenvalue weighted by molar-refractivity contribution is 6.25. The molecule has 0 aliphatic heterocycles. The quantitative estimate of drug-likeness (QED) is 0.0316. The lowest BCUT2D eigenvalue weighted by atomic mass is 9.91. The van der Waals surface area contributed by atoms with E-state index in [1.54, 1.807) is 0 Å². The summed E-state index contributed by atoms with van der Waals surface area (Å²) in [4.78, 5) is 0. The number of hydrogen-bond acceptors (Lipinski definition) is 0. The maximum absolute atomic E-state index is 2.50. The lowest BCUT2D eigenvalue weighted by molar-refractivity contribution is 0.535. The van der Waals surface area contributed by atoms with Crippen molar-refractivity contribution in [1.82, 2.24) is 0 Å². The monoisotopic (exact) mass is 777 g/mol. The molecule has 0 aliphatic carbocycles. The van der Waals surface area contributed by atoms with Crippen LogP contribution in [0, 0.1) is 0 Å². The molecule has 0 nitrogen and oxygen atoms in total. The fraction of sp³-hybridized carbons (Fsp3) is 0.552. The van der Waals surface area contributed by atoms with Crippen LogP contribution in [0.2, 0.25) is 0 Å². The molecule has 6 aromatic rings. The Balaban J connectivity index is 0.982. The Morgan fingerprint density at radius 3 is 0.741 bits per heavy atom. The van der Waals surface area contributed by atoms with Crippen LogP contribution < -0.4 is 0 Å². The molecule has 0 N–H and O–H groups in total. The van der Waals surface area contributed by atoms with Gasteiger partial charge < -0.3 is 0 Å². The lowest BCUT2D eigenvalue weighted by Gasteiger charge is -2.13. The van der Waals surface area contributed by atoms with Gasteiger partial charge in [-0.2, -0.15) is 0 Å². The summed E-state index contributed by atoms with van der Waals surface area (Å²) in [6.45, 7) is 4.61. The fourth-order valence-corrected chi connectivity index (χ4v) is 9.95. The number of unbranched alkanes of at least 4 members (excludes halogenated alkanes) is 26. The molecule has 0 saturated heterocycles. The molecular formula is C58H80. The summed E-state index contributed by atoms with van der Waals surface area (Å²) in [5.74, 6) is 0. The molecule has 312 valence electrons. The summed E-state index contributed by atoms with van der Waals surface area (Å²) >= 11 is 0. The average molecular weight is 777 g/mol. The number of rotatable bonds is 30. The third-order valence-corrected chi connectivity index (χ3v) is 13.6. The highest BCUT2D eigenvalue weighted by atomic mass is 14.1. The molecule has 0 amide bonds. The van der Waals surface area contributed by atoms with Crippen molar-refractivity contribution in [2.24, 2.45) is 0 Å². The summed E-state index contributed by atoms with van der Waals surface area (Å²) in [7, 11) is 0. The van der Waals surface area contributed by atoms with E-state index in [1.165, 1.54) is 258 Å². The molecular weight excluding hydrogens is 697 g/mol. The fourth-order valence-electron chi connectivity index (χ4n) is 9.95. The maximum atomic E-state index is 2.50. The van der Waals surface area contributed by atoms with E-state index in [1.807, 2.05) is 0 Å². The Morgan fingerprint density at radius 2 is 0.448 bits per heavy atom. The first-order chi connectivity index (χ1) is 28.8. The molecule has 6 rings (SSSR count). The molecule has 0 saturated carbocycles. The Hall–Kier alpha value is -3.38. The number of aryl methyl sites for hydroxylation is 2. The van der Waals surface area contributed by atoms with Crippen molar-refractivity contribution in [3.63, 3.8) is 0 Å². The molecule has 0 radical (unpaired) electrons. The Kier molecular flexibility index (Phi) is 19.3. The third kappa shape index (κ3) is 13.3.